The van der Waals surface area contributed by atoms with Crippen molar-refractivity contribution in [2.24, 2.45) is 10.8 Å². The number of nitriles is 1. The van der Waals surface area contributed by atoms with Crippen molar-refractivity contribution in [1.82, 2.24) is 4.72 Å². The molecule has 1 aromatic carbocycles. The summed E-state index contributed by atoms with van der Waals surface area (Å²) in [5.74, 6) is -1.70. The third-order valence-corrected chi connectivity index (χ3v) is 3.53. The predicted octanol–water partition coefficient (Wildman–Crippen LogP) is -0.712. The van der Waals surface area contributed by atoms with Crippen LogP contribution in [-0.4, -0.2) is 25.9 Å². The summed E-state index contributed by atoms with van der Waals surface area (Å²) in [5.41, 5.74) is 7.07. The van der Waals surface area contributed by atoms with Gasteiger partial charge in [-0.25, -0.2) is 13.1 Å². The quantitative estimate of drug-likeness (QED) is 0.482. The van der Waals surface area contributed by atoms with Crippen LogP contribution in [0, 0.1) is 11.3 Å². The van der Waals surface area contributed by atoms with E-state index in [-0.39, 0.29) is 4.90 Å². The fourth-order valence-corrected chi connectivity index (χ4v) is 2.20. The molecule has 2 amide bonds. The van der Waals surface area contributed by atoms with Crippen LogP contribution in [0.5, 0.6) is 0 Å². The van der Waals surface area contributed by atoms with Crippen LogP contribution in [0.1, 0.15) is 6.92 Å². The molecule has 9 nitrogen and oxygen atoms in total. The Bertz CT molecular complexity index is 731. The third-order valence-electron chi connectivity index (χ3n) is 2.08. The lowest BCUT2D eigenvalue weighted by Gasteiger charge is -2.05. The standard InChI is InChI=1S/C11H11N5O4S/c1-7(17)16-21(19,20)9-4-2-8(3-5-9)14-15-10(6-12)11(13)18/h2-5,14H,1H3,(H2,13,18)(H,16,17). The number of hydrogen-bond acceptors (Lipinski definition) is 7. The van der Waals surface area contributed by atoms with E-state index in [1.54, 1.807) is 0 Å². The van der Waals surface area contributed by atoms with Crippen LogP contribution in [0.3, 0.4) is 0 Å². The lowest BCUT2D eigenvalue weighted by Crippen LogP contribution is -2.28. The van der Waals surface area contributed by atoms with E-state index in [2.05, 4.69) is 10.5 Å². The Hall–Kier alpha value is -2.93. The van der Waals surface area contributed by atoms with Crippen molar-refractivity contribution in [3.63, 3.8) is 0 Å². The van der Waals surface area contributed by atoms with Gasteiger partial charge in [-0.2, -0.15) is 10.4 Å². The van der Waals surface area contributed by atoms with Gasteiger partial charge < -0.3 is 5.73 Å². The fourth-order valence-electron chi connectivity index (χ4n) is 1.21. The maximum atomic E-state index is 11.7. The topological polar surface area (TPSA) is 155 Å². The second kappa shape index (κ2) is 6.49. The second-order valence-corrected chi connectivity index (χ2v) is 5.42. The van der Waals surface area contributed by atoms with Crippen LogP contribution in [0.2, 0.25) is 0 Å². The summed E-state index contributed by atoms with van der Waals surface area (Å²) in [6.45, 7) is 1.08. The molecule has 0 atom stereocenters. The highest BCUT2D eigenvalue weighted by Gasteiger charge is 2.14. The number of hydrazone groups is 1. The molecule has 0 aliphatic rings. The number of benzene rings is 1. The highest BCUT2D eigenvalue weighted by atomic mass is 32.2. The first-order valence-electron chi connectivity index (χ1n) is 5.43. The first-order valence-corrected chi connectivity index (χ1v) is 6.91. The predicted molar refractivity (Wildman–Crippen MR) is 73.3 cm³/mol. The molecule has 0 aromatic heterocycles. The van der Waals surface area contributed by atoms with Gasteiger partial charge in [-0.15, -0.1) is 0 Å². The normalized spacial score (nSPS) is 11.3. The number of nitrogens with two attached hydrogens (primary N) is 1. The Kier molecular flexibility index (Phi) is 4.98. The Morgan fingerprint density at radius 1 is 1.29 bits per heavy atom. The third kappa shape index (κ3) is 4.59. The molecule has 0 aliphatic heterocycles. The molecule has 0 unspecified atom stereocenters. The molecule has 0 saturated heterocycles. The average molecular weight is 309 g/mol. The summed E-state index contributed by atoms with van der Waals surface area (Å²) in [4.78, 5) is 21.4. The minimum Gasteiger partial charge on any atom is -0.364 e. The number of nitrogens with one attached hydrogen (secondary N) is 2. The molecule has 21 heavy (non-hydrogen) atoms. The van der Waals surface area contributed by atoms with Gasteiger partial charge >= 0.3 is 0 Å². The molecule has 0 bridgehead atoms. The maximum absolute atomic E-state index is 11.7. The number of rotatable bonds is 5. The number of carbonyl (C=O) groups excluding carboxylic acids is 2. The molecule has 0 radical (unpaired) electrons. The lowest BCUT2D eigenvalue weighted by atomic mass is 10.3. The van der Waals surface area contributed by atoms with Crippen LogP contribution in [-0.2, 0) is 19.6 Å². The Morgan fingerprint density at radius 3 is 2.29 bits per heavy atom. The van der Waals surface area contributed by atoms with E-state index in [1.165, 1.54) is 30.3 Å². The van der Waals surface area contributed by atoms with E-state index < -0.39 is 27.5 Å². The number of hydrogen-bond donors (Lipinski definition) is 3. The van der Waals surface area contributed by atoms with Crippen molar-refractivity contribution in [3.05, 3.63) is 24.3 Å². The number of amides is 2. The van der Waals surface area contributed by atoms with Gasteiger partial charge in [0.05, 0.1) is 10.6 Å². The van der Waals surface area contributed by atoms with Gasteiger partial charge in [0, 0.05) is 6.92 Å². The number of sulfonamides is 1. The number of primary amides is 1. The van der Waals surface area contributed by atoms with Crippen molar-refractivity contribution in [3.8, 4) is 6.07 Å². The Labute approximate surface area is 120 Å². The molecule has 1 aromatic rings. The zero-order valence-corrected chi connectivity index (χ0v) is 11.6. The summed E-state index contributed by atoms with van der Waals surface area (Å²) in [6, 6.07) is 6.62. The van der Waals surface area contributed by atoms with E-state index in [4.69, 9.17) is 11.0 Å². The minimum absolute atomic E-state index is 0.123. The van der Waals surface area contributed by atoms with Gasteiger partial charge in [0.2, 0.25) is 11.6 Å². The average Bonchev–Trinajstić information content (AvgIpc) is 2.38. The summed E-state index contributed by atoms with van der Waals surface area (Å²) in [6.07, 6.45) is 0. The van der Waals surface area contributed by atoms with Gasteiger partial charge in [-0.1, -0.05) is 0 Å². The van der Waals surface area contributed by atoms with Gasteiger partial charge in [0.25, 0.3) is 15.9 Å². The van der Waals surface area contributed by atoms with Crippen LogP contribution < -0.4 is 15.9 Å². The monoisotopic (exact) mass is 309 g/mol. The molecule has 0 saturated carbocycles. The molecule has 110 valence electrons. The van der Waals surface area contributed by atoms with Gasteiger partial charge in [-0.05, 0) is 24.3 Å². The van der Waals surface area contributed by atoms with E-state index in [9.17, 15) is 18.0 Å². The van der Waals surface area contributed by atoms with E-state index in [1.807, 2.05) is 4.72 Å². The molecular formula is C11H11N5O4S. The molecule has 4 N–H and O–H groups in total. The largest absolute Gasteiger partial charge is 0.364 e. The molecule has 0 fully saturated rings. The summed E-state index contributed by atoms with van der Waals surface area (Å²) < 4.78 is 25.2. The minimum atomic E-state index is -3.92. The zero-order chi connectivity index (χ0) is 16.0. The number of nitrogens with zero attached hydrogens (tertiary/aromatic N) is 2. The summed E-state index contributed by atoms with van der Waals surface area (Å²) in [5, 5.41) is 12.0. The Morgan fingerprint density at radius 2 is 1.86 bits per heavy atom. The van der Waals surface area contributed by atoms with Crippen LogP contribution in [0.25, 0.3) is 0 Å². The molecule has 10 heteroatoms. The lowest BCUT2D eigenvalue weighted by molar-refractivity contribution is -0.117. The van der Waals surface area contributed by atoms with Crippen LogP contribution in [0.4, 0.5) is 5.69 Å². The smallest absolute Gasteiger partial charge is 0.280 e. The summed E-state index contributed by atoms with van der Waals surface area (Å²) >= 11 is 0. The number of carbonyl (C=O) groups is 2. The van der Waals surface area contributed by atoms with Crippen LogP contribution >= 0.6 is 0 Å². The zero-order valence-electron chi connectivity index (χ0n) is 10.8. The molecule has 1 rings (SSSR count). The van der Waals surface area contributed by atoms with Crippen molar-refractivity contribution >= 4 is 33.2 Å². The van der Waals surface area contributed by atoms with Gasteiger partial charge in [0.15, 0.2) is 0 Å². The van der Waals surface area contributed by atoms with E-state index in [0.29, 0.717) is 5.69 Å². The van der Waals surface area contributed by atoms with Crippen molar-refractivity contribution < 1.29 is 18.0 Å². The van der Waals surface area contributed by atoms with Crippen LogP contribution in [0.15, 0.2) is 34.3 Å². The fraction of sp³-hybridized carbons (Fsp3) is 0.0909. The summed E-state index contributed by atoms with van der Waals surface area (Å²) in [7, 11) is -3.92. The van der Waals surface area contributed by atoms with Gasteiger partial charge in [0.1, 0.15) is 6.07 Å². The highest BCUT2D eigenvalue weighted by Crippen LogP contribution is 2.13. The second-order valence-electron chi connectivity index (χ2n) is 3.73. The number of anilines is 1. The molecule has 0 spiro atoms. The van der Waals surface area contributed by atoms with Crippen molar-refractivity contribution in [1.29, 1.82) is 5.26 Å². The van der Waals surface area contributed by atoms with E-state index in [0.717, 1.165) is 6.92 Å². The van der Waals surface area contributed by atoms with Crippen molar-refractivity contribution in [2.45, 2.75) is 11.8 Å². The molecular weight excluding hydrogens is 298 g/mol. The highest BCUT2D eigenvalue weighted by molar-refractivity contribution is 7.90. The maximum Gasteiger partial charge on any atom is 0.280 e. The first kappa shape index (κ1) is 16.1. The molecule has 0 heterocycles. The van der Waals surface area contributed by atoms with Crippen molar-refractivity contribution in [2.75, 3.05) is 5.43 Å². The van der Waals surface area contributed by atoms with Gasteiger partial charge in [-0.3, -0.25) is 15.0 Å². The SMILES string of the molecule is CC(=O)NS(=O)(=O)c1ccc(NN=C(C#N)C(N)=O)cc1. The first-order chi connectivity index (χ1) is 9.76. The van der Waals surface area contributed by atoms with E-state index >= 15 is 0 Å². The molecule has 0 aliphatic carbocycles. The Balaban J connectivity index is 2.92.